The quantitative estimate of drug-likeness (QED) is 0.830. The van der Waals surface area contributed by atoms with Gasteiger partial charge < -0.3 is 0 Å². The Morgan fingerprint density at radius 2 is 1.75 bits per heavy atom. The average molecular weight is 295 g/mol. The van der Waals surface area contributed by atoms with Crippen LogP contribution >= 0.6 is 11.6 Å². The van der Waals surface area contributed by atoms with Gasteiger partial charge in [-0.3, -0.25) is 15.6 Å². The lowest BCUT2D eigenvalue weighted by molar-refractivity contribution is 0.0963. The van der Waals surface area contributed by atoms with Crippen LogP contribution in [0.2, 0.25) is 5.02 Å². The van der Waals surface area contributed by atoms with Crippen LogP contribution in [-0.2, 0) is 0 Å². The molecule has 0 atom stereocenters. The van der Waals surface area contributed by atoms with Gasteiger partial charge in [0, 0.05) is 0 Å². The Labute approximate surface area is 122 Å². The molecule has 0 bridgehead atoms. The fraction of sp³-hybridized carbons (Fsp3) is 0.133. The molecule has 0 aromatic heterocycles. The molecule has 2 aromatic rings. The summed E-state index contributed by atoms with van der Waals surface area (Å²) in [5.41, 5.74) is 6.16. The number of amides is 1. The number of para-hydroxylation sites is 1. The van der Waals surface area contributed by atoms with E-state index in [1.807, 2.05) is 32.0 Å². The van der Waals surface area contributed by atoms with E-state index in [1.165, 1.54) is 12.1 Å². The first-order chi connectivity index (χ1) is 9.66. The summed E-state index contributed by atoms with van der Waals surface area (Å²) in [6, 6.07) is 12.7. The van der Waals surface area contributed by atoms with Crippen LogP contribution in [0.1, 0.15) is 24.2 Å². The van der Waals surface area contributed by atoms with Crippen molar-refractivity contribution in [1.82, 2.24) is 5.43 Å². The fourth-order valence-electron chi connectivity index (χ4n) is 1.39. The predicted octanol–water partition coefficient (Wildman–Crippen LogP) is 4.26. The summed E-state index contributed by atoms with van der Waals surface area (Å²) < 4.78 is 12.8. The van der Waals surface area contributed by atoms with Crippen molar-refractivity contribution in [2.45, 2.75) is 13.8 Å². The zero-order valence-corrected chi connectivity index (χ0v) is 12.0. The van der Waals surface area contributed by atoms with Crippen molar-refractivity contribution in [1.29, 1.82) is 0 Å². The molecule has 0 saturated carbocycles. The van der Waals surface area contributed by atoms with Crippen LogP contribution in [0, 0.1) is 5.82 Å². The minimum atomic E-state index is -0.479. The van der Waals surface area contributed by atoms with Gasteiger partial charge in [-0.25, -0.2) is 4.39 Å². The molecule has 0 aliphatic rings. The number of benzene rings is 2. The molecular weight excluding hydrogens is 279 g/mol. The number of hydrazine groups is 1. The number of rotatable bonds is 3. The highest BCUT2D eigenvalue weighted by Gasteiger charge is 2.10. The second kappa shape index (κ2) is 8.17. The number of carbonyl (C=O) groups excluding carboxylic acids is 1. The van der Waals surface area contributed by atoms with Gasteiger partial charge in [-0.05, 0) is 30.3 Å². The van der Waals surface area contributed by atoms with Crippen molar-refractivity contribution in [3.8, 4) is 0 Å². The molecule has 0 aliphatic carbocycles. The van der Waals surface area contributed by atoms with E-state index >= 15 is 0 Å². The standard InChI is InChI=1S/C13H10ClFN2O.C2H6/c14-12-8-9(15)6-7-11(12)13(18)17-16-10-4-2-1-3-5-10;1-2/h1-8,16H,(H,17,18);1-2H3. The summed E-state index contributed by atoms with van der Waals surface area (Å²) in [5, 5.41) is 0.0716. The van der Waals surface area contributed by atoms with E-state index in [9.17, 15) is 9.18 Å². The van der Waals surface area contributed by atoms with Crippen LogP contribution in [-0.4, -0.2) is 5.91 Å². The second-order valence-corrected chi connectivity index (χ2v) is 3.98. The smallest absolute Gasteiger partial charge is 0.271 e. The summed E-state index contributed by atoms with van der Waals surface area (Å²) in [5.74, 6) is -0.906. The van der Waals surface area contributed by atoms with Crippen molar-refractivity contribution in [3.05, 3.63) is 64.9 Å². The molecule has 0 aliphatic heterocycles. The van der Waals surface area contributed by atoms with E-state index in [4.69, 9.17) is 11.6 Å². The lowest BCUT2D eigenvalue weighted by Gasteiger charge is -2.09. The lowest BCUT2D eigenvalue weighted by Crippen LogP contribution is -2.29. The van der Waals surface area contributed by atoms with Crippen LogP contribution in [0.5, 0.6) is 0 Å². The summed E-state index contributed by atoms with van der Waals surface area (Å²) in [7, 11) is 0. The molecule has 0 fully saturated rings. The minimum Gasteiger partial charge on any atom is -0.298 e. The zero-order valence-electron chi connectivity index (χ0n) is 11.3. The summed E-state index contributed by atoms with van der Waals surface area (Å²) >= 11 is 5.78. The first-order valence-electron chi connectivity index (χ1n) is 6.23. The third kappa shape index (κ3) is 4.55. The number of carbonyl (C=O) groups is 1. The SMILES string of the molecule is CC.O=C(NNc1ccccc1)c1ccc(F)cc1Cl. The van der Waals surface area contributed by atoms with E-state index in [2.05, 4.69) is 10.9 Å². The van der Waals surface area contributed by atoms with E-state index < -0.39 is 11.7 Å². The largest absolute Gasteiger partial charge is 0.298 e. The Morgan fingerprint density at radius 1 is 1.10 bits per heavy atom. The van der Waals surface area contributed by atoms with E-state index in [1.54, 1.807) is 12.1 Å². The molecule has 0 spiro atoms. The maximum Gasteiger partial charge on any atom is 0.271 e. The molecule has 0 saturated heterocycles. The van der Waals surface area contributed by atoms with Gasteiger partial charge in [-0.2, -0.15) is 0 Å². The predicted molar refractivity (Wildman–Crippen MR) is 80.3 cm³/mol. The molecule has 2 aromatic carbocycles. The Hall–Kier alpha value is -2.07. The molecule has 0 radical (unpaired) electrons. The second-order valence-electron chi connectivity index (χ2n) is 3.57. The molecule has 0 unspecified atom stereocenters. The first-order valence-corrected chi connectivity index (χ1v) is 6.61. The third-order valence-corrected chi connectivity index (χ3v) is 2.58. The highest BCUT2D eigenvalue weighted by molar-refractivity contribution is 6.33. The van der Waals surface area contributed by atoms with Crippen LogP contribution in [0.25, 0.3) is 0 Å². The van der Waals surface area contributed by atoms with Gasteiger partial charge in [-0.1, -0.05) is 43.6 Å². The van der Waals surface area contributed by atoms with Crippen LogP contribution in [0.3, 0.4) is 0 Å². The molecule has 20 heavy (non-hydrogen) atoms. The van der Waals surface area contributed by atoms with Gasteiger partial charge in [0.25, 0.3) is 5.91 Å². The van der Waals surface area contributed by atoms with Crippen molar-refractivity contribution >= 4 is 23.2 Å². The van der Waals surface area contributed by atoms with Gasteiger partial charge in [-0.15, -0.1) is 0 Å². The van der Waals surface area contributed by atoms with Crippen LogP contribution in [0.4, 0.5) is 10.1 Å². The van der Waals surface area contributed by atoms with Crippen molar-refractivity contribution in [2.75, 3.05) is 5.43 Å². The average Bonchev–Trinajstić information content (AvgIpc) is 2.48. The molecule has 0 heterocycles. The van der Waals surface area contributed by atoms with E-state index in [0.717, 1.165) is 11.8 Å². The Bertz CT molecular complexity index is 561. The van der Waals surface area contributed by atoms with E-state index in [-0.39, 0.29) is 10.6 Å². The summed E-state index contributed by atoms with van der Waals surface area (Å²) in [6.07, 6.45) is 0. The highest BCUT2D eigenvalue weighted by atomic mass is 35.5. The number of hydrogen-bond donors (Lipinski definition) is 2. The third-order valence-electron chi connectivity index (χ3n) is 2.27. The van der Waals surface area contributed by atoms with Crippen molar-refractivity contribution < 1.29 is 9.18 Å². The topological polar surface area (TPSA) is 41.1 Å². The van der Waals surface area contributed by atoms with Gasteiger partial charge in [0.05, 0.1) is 16.3 Å². The van der Waals surface area contributed by atoms with Gasteiger partial charge >= 0.3 is 0 Å². The van der Waals surface area contributed by atoms with Gasteiger partial charge in [0.15, 0.2) is 0 Å². The molecule has 1 amide bonds. The molecule has 2 N–H and O–H groups in total. The zero-order chi connectivity index (χ0) is 15.0. The number of nitrogens with one attached hydrogen (secondary N) is 2. The Kier molecular flexibility index (Phi) is 6.53. The maximum atomic E-state index is 12.8. The van der Waals surface area contributed by atoms with Crippen molar-refractivity contribution in [3.63, 3.8) is 0 Å². The minimum absolute atomic E-state index is 0.0716. The molecule has 5 heteroatoms. The molecule has 106 valence electrons. The summed E-state index contributed by atoms with van der Waals surface area (Å²) in [6.45, 7) is 4.00. The van der Waals surface area contributed by atoms with Gasteiger partial charge in [0.1, 0.15) is 5.82 Å². The number of anilines is 1. The molecule has 2 rings (SSSR count). The monoisotopic (exact) mass is 294 g/mol. The first kappa shape index (κ1) is 16.0. The van der Waals surface area contributed by atoms with Crippen LogP contribution < -0.4 is 10.9 Å². The maximum absolute atomic E-state index is 12.8. The Morgan fingerprint density at radius 3 is 2.35 bits per heavy atom. The lowest BCUT2D eigenvalue weighted by atomic mass is 10.2. The number of halogens is 2. The molecule has 3 nitrogen and oxygen atoms in total. The normalized spacial score (nSPS) is 9.20. The van der Waals surface area contributed by atoms with Crippen molar-refractivity contribution in [2.24, 2.45) is 0 Å². The number of hydrogen-bond acceptors (Lipinski definition) is 2. The Balaban J connectivity index is 0.000000956. The highest BCUT2D eigenvalue weighted by Crippen LogP contribution is 2.17. The fourth-order valence-corrected chi connectivity index (χ4v) is 1.64. The summed E-state index contributed by atoms with van der Waals surface area (Å²) in [4.78, 5) is 11.8. The van der Waals surface area contributed by atoms with Gasteiger partial charge in [0.2, 0.25) is 0 Å². The van der Waals surface area contributed by atoms with E-state index in [0.29, 0.717) is 0 Å². The van der Waals surface area contributed by atoms with Crippen LogP contribution in [0.15, 0.2) is 48.5 Å². The molecular formula is C15H16ClFN2O.